The second kappa shape index (κ2) is 6.91. The maximum atomic E-state index is 12.4. The third-order valence-electron chi connectivity index (χ3n) is 3.36. The molecule has 1 N–H and O–H groups in total. The molecule has 23 heavy (non-hydrogen) atoms. The molecule has 122 valence electrons. The highest BCUT2D eigenvalue weighted by Gasteiger charge is 2.20. The molecule has 6 heteroatoms. The van der Waals surface area contributed by atoms with Gasteiger partial charge in [0.15, 0.2) is 9.84 Å². The zero-order valence-electron chi connectivity index (χ0n) is 13.4. The summed E-state index contributed by atoms with van der Waals surface area (Å²) < 4.78 is 24.7. The number of amides is 1. The van der Waals surface area contributed by atoms with E-state index < -0.39 is 15.9 Å². The molecule has 1 amide bonds. The average molecular weight is 332 g/mol. The Morgan fingerprint density at radius 2 is 1.78 bits per heavy atom. The fourth-order valence-corrected chi connectivity index (χ4v) is 3.68. The van der Waals surface area contributed by atoms with Gasteiger partial charge in [0.25, 0.3) is 5.91 Å². The highest BCUT2D eigenvalue weighted by atomic mass is 32.2. The van der Waals surface area contributed by atoms with Gasteiger partial charge in [-0.25, -0.2) is 8.42 Å². The van der Waals surface area contributed by atoms with Gasteiger partial charge in [-0.2, -0.15) is 0 Å². The predicted molar refractivity (Wildman–Crippen MR) is 89.1 cm³/mol. The van der Waals surface area contributed by atoms with Crippen LogP contribution in [-0.4, -0.2) is 31.1 Å². The van der Waals surface area contributed by atoms with Crippen molar-refractivity contribution < 1.29 is 13.2 Å². The minimum Gasteiger partial charge on any atom is -0.349 e. The van der Waals surface area contributed by atoms with E-state index in [1.54, 1.807) is 43.5 Å². The number of pyridine rings is 1. The quantitative estimate of drug-likeness (QED) is 0.911. The van der Waals surface area contributed by atoms with E-state index in [1.807, 2.05) is 13.8 Å². The van der Waals surface area contributed by atoms with Crippen LogP contribution < -0.4 is 5.32 Å². The molecule has 2 rings (SSSR count). The number of aryl methyl sites for hydroxylation is 2. The lowest BCUT2D eigenvalue weighted by Crippen LogP contribution is -2.37. The Hall–Kier alpha value is -2.21. The van der Waals surface area contributed by atoms with E-state index in [1.165, 1.54) is 6.20 Å². The Labute approximate surface area is 136 Å². The van der Waals surface area contributed by atoms with Crippen molar-refractivity contribution in [3.8, 4) is 0 Å². The van der Waals surface area contributed by atoms with Gasteiger partial charge in [0, 0.05) is 18.4 Å². The topological polar surface area (TPSA) is 76.1 Å². The van der Waals surface area contributed by atoms with Crippen molar-refractivity contribution in [3.05, 3.63) is 59.4 Å². The largest absolute Gasteiger partial charge is 0.349 e. The summed E-state index contributed by atoms with van der Waals surface area (Å²) in [5.74, 6) is -0.478. The van der Waals surface area contributed by atoms with Crippen molar-refractivity contribution in [1.29, 1.82) is 0 Å². The van der Waals surface area contributed by atoms with Gasteiger partial charge in [-0.05, 0) is 44.5 Å². The summed E-state index contributed by atoms with van der Waals surface area (Å²) in [6.07, 6.45) is 3.12. The van der Waals surface area contributed by atoms with Crippen LogP contribution in [0.4, 0.5) is 0 Å². The highest BCUT2D eigenvalue weighted by molar-refractivity contribution is 7.91. The zero-order valence-corrected chi connectivity index (χ0v) is 14.2. The van der Waals surface area contributed by atoms with E-state index >= 15 is 0 Å². The molecule has 1 aromatic heterocycles. The lowest BCUT2D eigenvalue weighted by molar-refractivity contribution is 0.0943. The molecule has 0 fully saturated rings. The average Bonchev–Trinajstić information content (AvgIpc) is 2.47. The molecule has 1 heterocycles. The number of aromatic nitrogens is 1. The van der Waals surface area contributed by atoms with E-state index in [0.29, 0.717) is 5.56 Å². The zero-order chi connectivity index (χ0) is 17.0. The number of nitrogens with zero attached hydrogens (tertiary/aromatic N) is 1. The van der Waals surface area contributed by atoms with E-state index in [9.17, 15) is 13.2 Å². The molecule has 0 saturated heterocycles. The number of carbonyl (C=O) groups is 1. The molecule has 1 atom stereocenters. The van der Waals surface area contributed by atoms with Crippen LogP contribution in [0.2, 0.25) is 0 Å². The first kappa shape index (κ1) is 17.1. The Balaban J connectivity index is 2.05. The van der Waals surface area contributed by atoms with Crippen LogP contribution in [0.25, 0.3) is 0 Å². The molecule has 0 aliphatic rings. The molecular weight excluding hydrogens is 312 g/mol. The molecule has 0 aliphatic heterocycles. The van der Waals surface area contributed by atoms with Gasteiger partial charge in [0.1, 0.15) is 0 Å². The summed E-state index contributed by atoms with van der Waals surface area (Å²) in [6, 6.07) is 7.90. The van der Waals surface area contributed by atoms with Gasteiger partial charge in [-0.1, -0.05) is 17.7 Å². The van der Waals surface area contributed by atoms with Gasteiger partial charge in [-0.3, -0.25) is 9.78 Å². The minimum absolute atomic E-state index is 0.152. The maximum Gasteiger partial charge on any atom is 0.253 e. The van der Waals surface area contributed by atoms with Crippen LogP contribution in [-0.2, 0) is 9.84 Å². The number of nitrogens with one attached hydrogen (secondary N) is 1. The second-order valence-corrected chi connectivity index (χ2v) is 7.75. The first-order chi connectivity index (χ1) is 10.8. The molecule has 0 saturated carbocycles. The summed E-state index contributed by atoms with van der Waals surface area (Å²) in [5, 5.41) is 2.70. The van der Waals surface area contributed by atoms with Crippen molar-refractivity contribution in [2.24, 2.45) is 0 Å². The molecule has 0 bridgehead atoms. The van der Waals surface area contributed by atoms with Crippen LogP contribution >= 0.6 is 0 Å². The standard InChI is InChI=1S/C17H20N2O3S/c1-12-4-6-16(7-5-12)23(21,22)11-14(3)19-17(20)15-8-13(2)9-18-10-15/h4-10,14H,11H2,1-3H3,(H,19,20)/t14-/m0/s1. The molecule has 0 radical (unpaired) electrons. The van der Waals surface area contributed by atoms with Crippen LogP contribution in [0.5, 0.6) is 0 Å². The van der Waals surface area contributed by atoms with Crippen LogP contribution in [0.3, 0.4) is 0 Å². The van der Waals surface area contributed by atoms with Crippen molar-refractivity contribution in [2.45, 2.75) is 31.7 Å². The summed E-state index contributed by atoms with van der Waals surface area (Å²) in [5.41, 5.74) is 2.29. The number of hydrogen-bond donors (Lipinski definition) is 1. The van der Waals surface area contributed by atoms with Gasteiger partial charge < -0.3 is 5.32 Å². The number of sulfone groups is 1. The van der Waals surface area contributed by atoms with Crippen LogP contribution in [0, 0.1) is 13.8 Å². The molecule has 5 nitrogen and oxygen atoms in total. The summed E-state index contributed by atoms with van der Waals surface area (Å²) in [4.78, 5) is 16.4. The molecular formula is C17H20N2O3S. The molecule has 2 aromatic rings. The number of carbonyl (C=O) groups excluding carboxylic acids is 1. The second-order valence-electron chi connectivity index (χ2n) is 5.72. The number of benzene rings is 1. The van der Waals surface area contributed by atoms with Gasteiger partial charge in [-0.15, -0.1) is 0 Å². The molecule has 0 aliphatic carbocycles. The van der Waals surface area contributed by atoms with E-state index in [-0.39, 0.29) is 16.6 Å². The Bertz CT molecular complexity index is 799. The fraction of sp³-hybridized carbons (Fsp3) is 0.294. The van der Waals surface area contributed by atoms with E-state index in [2.05, 4.69) is 10.3 Å². The molecule has 0 spiro atoms. The Morgan fingerprint density at radius 3 is 2.39 bits per heavy atom. The Morgan fingerprint density at radius 1 is 1.13 bits per heavy atom. The predicted octanol–water partition coefficient (Wildman–Crippen LogP) is 2.29. The fourth-order valence-electron chi connectivity index (χ4n) is 2.20. The summed E-state index contributed by atoms with van der Waals surface area (Å²) >= 11 is 0. The van der Waals surface area contributed by atoms with Crippen molar-refractivity contribution in [3.63, 3.8) is 0 Å². The minimum atomic E-state index is -3.44. The monoisotopic (exact) mass is 332 g/mol. The van der Waals surface area contributed by atoms with Crippen molar-refractivity contribution in [2.75, 3.05) is 5.75 Å². The SMILES string of the molecule is Cc1ccc(S(=O)(=O)C[C@H](C)NC(=O)c2cncc(C)c2)cc1. The lowest BCUT2D eigenvalue weighted by Gasteiger charge is -2.14. The van der Waals surface area contributed by atoms with Crippen LogP contribution in [0.1, 0.15) is 28.4 Å². The highest BCUT2D eigenvalue weighted by Crippen LogP contribution is 2.13. The first-order valence-electron chi connectivity index (χ1n) is 7.30. The van der Waals surface area contributed by atoms with Gasteiger partial charge in [0.05, 0.1) is 16.2 Å². The molecule has 1 aromatic carbocycles. The van der Waals surface area contributed by atoms with E-state index in [4.69, 9.17) is 0 Å². The van der Waals surface area contributed by atoms with E-state index in [0.717, 1.165) is 11.1 Å². The maximum absolute atomic E-state index is 12.4. The van der Waals surface area contributed by atoms with Crippen molar-refractivity contribution in [1.82, 2.24) is 10.3 Å². The third-order valence-corrected chi connectivity index (χ3v) is 5.29. The number of hydrogen-bond acceptors (Lipinski definition) is 4. The summed E-state index contributed by atoms with van der Waals surface area (Å²) in [6.45, 7) is 5.41. The van der Waals surface area contributed by atoms with Gasteiger partial charge in [0.2, 0.25) is 0 Å². The number of rotatable bonds is 5. The van der Waals surface area contributed by atoms with Crippen molar-refractivity contribution >= 4 is 15.7 Å². The normalized spacial score (nSPS) is 12.7. The third kappa shape index (κ3) is 4.63. The van der Waals surface area contributed by atoms with Crippen LogP contribution in [0.15, 0.2) is 47.6 Å². The Kier molecular flexibility index (Phi) is 5.15. The lowest BCUT2D eigenvalue weighted by atomic mass is 10.2. The smallest absolute Gasteiger partial charge is 0.253 e. The first-order valence-corrected chi connectivity index (χ1v) is 8.95. The van der Waals surface area contributed by atoms with Gasteiger partial charge >= 0.3 is 0 Å². The molecule has 0 unspecified atom stereocenters. The summed E-state index contributed by atoms with van der Waals surface area (Å²) in [7, 11) is -3.44.